The molecule has 4 rings (SSSR count). The number of rotatable bonds is 4. The number of likely N-dealkylation sites (tertiary alicyclic amines) is 1. The standard InChI is InChI=1S/C21H21ClF2N4O3/c1-20(2,31)16-7-13(12-4-5-15(23)14(22)6-12)18-19(30)26(11-25-28(16)18)8-17(29)27-9-21(3,24)10-27/h4-7,11,31H,8-10H2,1-3H3. The van der Waals surface area contributed by atoms with Gasteiger partial charge in [-0.1, -0.05) is 17.7 Å². The highest BCUT2D eigenvalue weighted by Crippen LogP contribution is 2.32. The number of alkyl halides is 1. The first kappa shape index (κ1) is 21.5. The molecule has 1 amide bonds. The van der Waals surface area contributed by atoms with Gasteiger partial charge in [0.15, 0.2) is 0 Å². The van der Waals surface area contributed by atoms with Crippen LogP contribution in [0.5, 0.6) is 0 Å². The molecule has 10 heteroatoms. The Bertz CT molecular complexity index is 1250. The van der Waals surface area contributed by atoms with Gasteiger partial charge < -0.3 is 10.0 Å². The fraction of sp³-hybridized carbons (Fsp3) is 0.381. The van der Waals surface area contributed by atoms with Crippen LogP contribution in [0.4, 0.5) is 8.78 Å². The number of benzene rings is 1. The van der Waals surface area contributed by atoms with Gasteiger partial charge in [-0.15, -0.1) is 0 Å². The van der Waals surface area contributed by atoms with E-state index in [1.54, 1.807) is 19.9 Å². The van der Waals surface area contributed by atoms with Crippen LogP contribution < -0.4 is 5.56 Å². The summed E-state index contributed by atoms with van der Waals surface area (Å²) in [6.07, 6.45) is 1.21. The molecule has 7 nitrogen and oxygen atoms in total. The van der Waals surface area contributed by atoms with Gasteiger partial charge >= 0.3 is 0 Å². The Kier molecular flexibility index (Phi) is 4.94. The molecule has 31 heavy (non-hydrogen) atoms. The Morgan fingerprint density at radius 1 is 1.32 bits per heavy atom. The van der Waals surface area contributed by atoms with Crippen molar-refractivity contribution >= 4 is 23.0 Å². The minimum atomic E-state index is -1.42. The summed E-state index contributed by atoms with van der Waals surface area (Å²) in [6.45, 7) is 4.16. The number of amides is 1. The molecular weight excluding hydrogens is 430 g/mol. The zero-order valence-corrected chi connectivity index (χ0v) is 18.0. The zero-order valence-electron chi connectivity index (χ0n) is 17.2. The van der Waals surface area contributed by atoms with Gasteiger partial charge in [0, 0.05) is 5.56 Å². The third kappa shape index (κ3) is 3.83. The van der Waals surface area contributed by atoms with Gasteiger partial charge in [0.2, 0.25) is 5.91 Å². The summed E-state index contributed by atoms with van der Waals surface area (Å²) in [7, 11) is 0. The Morgan fingerprint density at radius 2 is 2.00 bits per heavy atom. The quantitative estimate of drug-likeness (QED) is 0.663. The lowest BCUT2D eigenvalue weighted by molar-refractivity contribution is -0.144. The topological polar surface area (TPSA) is 79.8 Å². The largest absolute Gasteiger partial charge is 0.384 e. The molecule has 1 aliphatic rings. The van der Waals surface area contributed by atoms with Gasteiger partial charge in [-0.2, -0.15) is 5.10 Å². The van der Waals surface area contributed by atoms with Gasteiger partial charge in [0.05, 0.1) is 23.8 Å². The minimum absolute atomic E-state index is 0.0242. The summed E-state index contributed by atoms with van der Waals surface area (Å²) >= 11 is 5.92. The van der Waals surface area contributed by atoms with Crippen molar-refractivity contribution in [2.24, 2.45) is 0 Å². The van der Waals surface area contributed by atoms with Crippen LogP contribution in [0, 0.1) is 5.82 Å². The number of carbonyl (C=O) groups excluding carboxylic acids is 1. The Balaban J connectivity index is 1.83. The van der Waals surface area contributed by atoms with Crippen molar-refractivity contribution in [2.75, 3.05) is 13.1 Å². The first-order valence-corrected chi connectivity index (χ1v) is 10.0. The number of aliphatic hydroxyl groups is 1. The number of nitrogens with zero attached hydrogens (tertiary/aromatic N) is 4. The molecule has 1 N–H and O–H groups in total. The number of halogens is 3. The van der Waals surface area contributed by atoms with E-state index in [1.165, 1.54) is 40.9 Å². The fourth-order valence-corrected chi connectivity index (χ4v) is 3.91. The lowest BCUT2D eigenvalue weighted by Crippen LogP contribution is -2.60. The predicted molar refractivity (Wildman–Crippen MR) is 111 cm³/mol. The molecule has 0 saturated carbocycles. The van der Waals surface area contributed by atoms with Crippen LogP contribution in [0.2, 0.25) is 5.02 Å². The molecule has 1 aromatic carbocycles. The molecule has 1 fully saturated rings. The smallest absolute Gasteiger partial charge is 0.278 e. The maximum Gasteiger partial charge on any atom is 0.278 e. The minimum Gasteiger partial charge on any atom is -0.384 e. The van der Waals surface area contributed by atoms with E-state index in [0.29, 0.717) is 16.8 Å². The predicted octanol–water partition coefficient (Wildman–Crippen LogP) is 2.75. The number of aromatic nitrogens is 3. The summed E-state index contributed by atoms with van der Waals surface area (Å²) in [4.78, 5) is 27.0. The second-order valence-corrected chi connectivity index (χ2v) is 9.03. The average molecular weight is 451 g/mol. The fourth-order valence-electron chi connectivity index (χ4n) is 3.73. The van der Waals surface area contributed by atoms with Crippen molar-refractivity contribution in [1.29, 1.82) is 0 Å². The normalized spacial score (nSPS) is 15.9. The highest BCUT2D eigenvalue weighted by atomic mass is 35.5. The molecule has 2 aromatic heterocycles. The second kappa shape index (κ2) is 7.13. The maximum atomic E-state index is 13.7. The first-order valence-electron chi connectivity index (χ1n) is 9.63. The zero-order chi connectivity index (χ0) is 22.7. The van der Waals surface area contributed by atoms with E-state index < -0.39 is 28.6 Å². The molecule has 0 aliphatic carbocycles. The van der Waals surface area contributed by atoms with Crippen LogP contribution in [0.25, 0.3) is 16.6 Å². The van der Waals surface area contributed by atoms with E-state index in [9.17, 15) is 23.5 Å². The third-order valence-corrected chi connectivity index (χ3v) is 5.59. The Labute approximate surface area is 181 Å². The van der Waals surface area contributed by atoms with Gasteiger partial charge in [-0.3, -0.25) is 14.2 Å². The molecule has 1 aliphatic heterocycles. The summed E-state index contributed by atoms with van der Waals surface area (Å²) in [6, 6.07) is 5.61. The van der Waals surface area contributed by atoms with Crippen molar-refractivity contribution in [3.63, 3.8) is 0 Å². The van der Waals surface area contributed by atoms with E-state index in [2.05, 4.69) is 5.10 Å². The van der Waals surface area contributed by atoms with Crippen LogP contribution in [-0.4, -0.2) is 48.9 Å². The van der Waals surface area contributed by atoms with E-state index in [1.807, 2.05) is 0 Å². The van der Waals surface area contributed by atoms with Crippen molar-refractivity contribution in [2.45, 2.75) is 38.6 Å². The summed E-state index contributed by atoms with van der Waals surface area (Å²) in [5.74, 6) is -1.00. The molecule has 0 spiro atoms. The monoisotopic (exact) mass is 450 g/mol. The van der Waals surface area contributed by atoms with E-state index in [4.69, 9.17) is 11.6 Å². The molecule has 3 heterocycles. The van der Waals surface area contributed by atoms with Crippen LogP contribution in [0.3, 0.4) is 0 Å². The number of hydrogen-bond acceptors (Lipinski definition) is 4. The second-order valence-electron chi connectivity index (χ2n) is 8.62. The average Bonchev–Trinajstić information content (AvgIpc) is 3.05. The summed E-state index contributed by atoms with van der Waals surface area (Å²) in [5, 5.41) is 14.7. The molecular formula is C21H21ClF2N4O3. The van der Waals surface area contributed by atoms with Crippen molar-refractivity contribution in [3.05, 3.63) is 57.5 Å². The van der Waals surface area contributed by atoms with Crippen molar-refractivity contribution in [3.8, 4) is 11.1 Å². The molecule has 1 saturated heterocycles. The van der Waals surface area contributed by atoms with Gasteiger partial charge in [0.1, 0.15) is 35.5 Å². The van der Waals surface area contributed by atoms with E-state index in [-0.39, 0.29) is 30.2 Å². The molecule has 0 atom stereocenters. The summed E-state index contributed by atoms with van der Waals surface area (Å²) in [5.41, 5.74) is -2.00. The molecule has 0 radical (unpaired) electrons. The summed E-state index contributed by atoms with van der Waals surface area (Å²) < 4.78 is 29.8. The number of fused-ring (bicyclic) bond motifs is 1. The number of hydrogen-bond donors (Lipinski definition) is 1. The lowest BCUT2D eigenvalue weighted by Gasteiger charge is -2.42. The lowest BCUT2D eigenvalue weighted by atomic mass is 9.99. The van der Waals surface area contributed by atoms with E-state index >= 15 is 0 Å². The molecule has 164 valence electrons. The molecule has 0 unspecified atom stereocenters. The van der Waals surface area contributed by atoms with Crippen LogP contribution in [0.1, 0.15) is 26.5 Å². The highest BCUT2D eigenvalue weighted by Gasteiger charge is 2.41. The Morgan fingerprint density at radius 3 is 2.58 bits per heavy atom. The highest BCUT2D eigenvalue weighted by molar-refractivity contribution is 6.31. The molecule has 3 aromatic rings. The van der Waals surface area contributed by atoms with Crippen LogP contribution in [-0.2, 0) is 16.9 Å². The number of carbonyl (C=O) groups is 1. The Hall–Kier alpha value is -2.78. The van der Waals surface area contributed by atoms with Gasteiger partial charge in [0.25, 0.3) is 5.56 Å². The van der Waals surface area contributed by atoms with Gasteiger partial charge in [-0.25, -0.2) is 13.3 Å². The van der Waals surface area contributed by atoms with Crippen LogP contribution >= 0.6 is 11.6 Å². The van der Waals surface area contributed by atoms with Crippen molar-refractivity contribution in [1.82, 2.24) is 19.1 Å². The third-order valence-electron chi connectivity index (χ3n) is 5.30. The van der Waals surface area contributed by atoms with E-state index in [0.717, 1.165) is 4.57 Å². The van der Waals surface area contributed by atoms with Gasteiger partial charge in [-0.05, 0) is 44.5 Å². The maximum absolute atomic E-state index is 13.7. The first-order chi connectivity index (χ1) is 14.4. The molecule has 0 bridgehead atoms. The SMILES string of the molecule is CC1(F)CN(C(=O)Cn2cnn3c(C(C)(C)O)cc(-c4ccc(F)c(Cl)c4)c3c2=O)C1. The van der Waals surface area contributed by atoms with Crippen LogP contribution in [0.15, 0.2) is 35.4 Å². The van der Waals surface area contributed by atoms with Crippen molar-refractivity contribution < 1.29 is 18.7 Å².